The lowest BCUT2D eigenvalue weighted by atomic mass is 10.2. The summed E-state index contributed by atoms with van der Waals surface area (Å²) in [5, 5.41) is 0. The van der Waals surface area contributed by atoms with Gasteiger partial charge in [0.25, 0.3) is 0 Å². The first kappa shape index (κ1) is 16.5. The third-order valence-corrected chi connectivity index (χ3v) is 4.72. The van der Waals surface area contributed by atoms with Gasteiger partial charge in [0.15, 0.2) is 0 Å². The number of pyridine rings is 1. The van der Waals surface area contributed by atoms with Crippen molar-refractivity contribution in [3.63, 3.8) is 0 Å². The summed E-state index contributed by atoms with van der Waals surface area (Å²) in [5.74, 6) is 0.350. The summed E-state index contributed by atoms with van der Waals surface area (Å²) < 4.78 is 32.5. The highest BCUT2D eigenvalue weighted by atomic mass is 32.2. The number of nitrogens with one attached hydrogen (secondary N) is 1. The molecule has 118 valence electrons. The summed E-state index contributed by atoms with van der Waals surface area (Å²) >= 11 is 0. The van der Waals surface area contributed by atoms with Gasteiger partial charge in [0.2, 0.25) is 10.0 Å². The van der Waals surface area contributed by atoms with Crippen molar-refractivity contribution in [3.8, 4) is 5.75 Å². The lowest BCUT2D eigenvalue weighted by Crippen LogP contribution is -2.25. The molecule has 0 aliphatic carbocycles. The summed E-state index contributed by atoms with van der Waals surface area (Å²) in [4.78, 5) is 4.39. The van der Waals surface area contributed by atoms with Gasteiger partial charge in [-0.15, -0.1) is 0 Å². The molecule has 0 bridgehead atoms. The van der Waals surface area contributed by atoms with Crippen LogP contribution in [0.1, 0.15) is 17.7 Å². The Kier molecular flexibility index (Phi) is 5.51. The predicted molar refractivity (Wildman–Crippen MR) is 85.5 cm³/mol. The summed E-state index contributed by atoms with van der Waals surface area (Å²) in [6.07, 6.45) is 3.15. The van der Waals surface area contributed by atoms with Gasteiger partial charge in [-0.25, -0.2) is 13.1 Å². The molecule has 0 saturated carbocycles. The minimum atomic E-state index is -3.58. The minimum Gasteiger partial charge on any atom is -0.495 e. The topological polar surface area (TPSA) is 68.3 Å². The molecule has 0 unspecified atom stereocenters. The number of benzene rings is 1. The Bertz CT molecular complexity index is 715. The van der Waals surface area contributed by atoms with Crippen LogP contribution in [0.5, 0.6) is 5.75 Å². The zero-order chi connectivity index (χ0) is 16.0. The molecule has 0 spiro atoms. The van der Waals surface area contributed by atoms with Crippen LogP contribution in [0, 0.1) is 6.92 Å². The van der Waals surface area contributed by atoms with Crippen molar-refractivity contribution < 1.29 is 13.2 Å². The summed E-state index contributed by atoms with van der Waals surface area (Å²) in [5.41, 5.74) is 1.82. The highest BCUT2D eigenvalue weighted by Crippen LogP contribution is 2.24. The van der Waals surface area contributed by atoms with Crippen LogP contribution in [0.3, 0.4) is 0 Å². The zero-order valence-electron chi connectivity index (χ0n) is 12.7. The smallest absolute Gasteiger partial charge is 0.244 e. The van der Waals surface area contributed by atoms with Gasteiger partial charge in [-0.1, -0.05) is 12.1 Å². The van der Waals surface area contributed by atoms with Crippen LogP contribution in [0.15, 0.2) is 47.5 Å². The molecule has 2 aromatic rings. The van der Waals surface area contributed by atoms with Crippen LogP contribution >= 0.6 is 0 Å². The molecule has 22 heavy (non-hydrogen) atoms. The van der Waals surface area contributed by atoms with Crippen LogP contribution < -0.4 is 9.46 Å². The quantitative estimate of drug-likeness (QED) is 0.795. The van der Waals surface area contributed by atoms with Gasteiger partial charge in [0.1, 0.15) is 10.6 Å². The Labute approximate surface area is 131 Å². The summed E-state index contributed by atoms with van der Waals surface area (Å²) in [6.45, 7) is 2.20. The highest BCUT2D eigenvalue weighted by molar-refractivity contribution is 7.89. The third kappa shape index (κ3) is 4.29. The van der Waals surface area contributed by atoms with Crippen LogP contribution in [0.2, 0.25) is 0 Å². The number of rotatable bonds is 7. The maximum Gasteiger partial charge on any atom is 0.244 e. The first-order valence-electron chi connectivity index (χ1n) is 7.07. The monoisotopic (exact) mass is 320 g/mol. The first-order valence-corrected chi connectivity index (χ1v) is 8.55. The molecule has 0 aliphatic heterocycles. The molecule has 1 aromatic carbocycles. The predicted octanol–water partition coefficient (Wildman–Crippen LogP) is 2.31. The second-order valence-electron chi connectivity index (χ2n) is 4.98. The fourth-order valence-corrected chi connectivity index (χ4v) is 3.42. The SMILES string of the molecule is COc1ccc(C)cc1S(=O)(=O)NCCCc1ccccn1. The first-order chi connectivity index (χ1) is 10.5. The Morgan fingerprint density at radius 1 is 1.23 bits per heavy atom. The standard InChI is InChI=1S/C16H20N2O3S/c1-13-8-9-15(21-2)16(12-13)22(19,20)18-11-5-7-14-6-3-4-10-17-14/h3-4,6,8-10,12,18H,5,7,11H2,1-2H3. The van der Waals surface area contributed by atoms with Crippen LogP contribution in [-0.2, 0) is 16.4 Å². The Morgan fingerprint density at radius 2 is 2.05 bits per heavy atom. The van der Waals surface area contributed by atoms with Gasteiger partial charge < -0.3 is 4.74 Å². The lowest BCUT2D eigenvalue weighted by Gasteiger charge is -2.11. The molecule has 1 N–H and O–H groups in total. The van der Waals surface area contributed by atoms with E-state index >= 15 is 0 Å². The van der Waals surface area contributed by atoms with E-state index in [1.54, 1.807) is 18.3 Å². The molecule has 0 radical (unpaired) electrons. The second kappa shape index (κ2) is 7.38. The summed E-state index contributed by atoms with van der Waals surface area (Å²) in [6, 6.07) is 10.8. The third-order valence-electron chi connectivity index (χ3n) is 3.24. The average molecular weight is 320 g/mol. The number of aromatic nitrogens is 1. The van der Waals surface area contributed by atoms with Gasteiger partial charge in [-0.3, -0.25) is 4.98 Å². The molecule has 1 heterocycles. The maximum atomic E-state index is 12.4. The Hall–Kier alpha value is -1.92. The van der Waals surface area contributed by atoms with Crippen molar-refractivity contribution in [3.05, 3.63) is 53.9 Å². The van der Waals surface area contributed by atoms with E-state index in [1.807, 2.05) is 31.2 Å². The number of methoxy groups -OCH3 is 1. The fraction of sp³-hybridized carbons (Fsp3) is 0.312. The van der Waals surface area contributed by atoms with E-state index in [1.165, 1.54) is 7.11 Å². The number of nitrogens with zero attached hydrogens (tertiary/aromatic N) is 1. The van der Waals surface area contributed by atoms with Gasteiger partial charge in [-0.2, -0.15) is 0 Å². The molecular formula is C16H20N2O3S. The van der Waals surface area contributed by atoms with E-state index in [9.17, 15) is 8.42 Å². The molecule has 5 nitrogen and oxygen atoms in total. The van der Waals surface area contributed by atoms with Crippen molar-refractivity contribution in [2.24, 2.45) is 0 Å². The normalized spacial score (nSPS) is 11.4. The van der Waals surface area contributed by atoms with Crippen molar-refractivity contribution in [2.45, 2.75) is 24.7 Å². The van der Waals surface area contributed by atoms with E-state index in [-0.39, 0.29) is 4.90 Å². The molecule has 0 saturated heterocycles. The number of ether oxygens (including phenoxy) is 1. The van der Waals surface area contributed by atoms with Crippen molar-refractivity contribution in [2.75, 3.05) is 13.7 Å². The van der Waals surface area contributed by atoms with Crippen LogP contribution in [0.4, 0.5) is 0 Å². The van der Waals surface area contributed by atoms with Gasteiger partial charge in [0.05, 0.1) is 7.11 Å². The minimum absolute atomic E-state index is 0.174. The number of hydrogen-bond acceptors (Lipinski definition) is 4. The molecule has 6 heteroatoms. The highest BCUT2D eigenvalue weighted by Gasteiger charge is 2.18. The van der Waals surface area contributed by atoms with E-state index in [0.29, 0.717) is 18.7 Å². The number of hydrogen-bond donors (Lipinski definition) is 1. The van der Waals surface area contributed by atoms with Crippen molar-refractivity contribution >= 4 is 10.0 Å². The molecule has 0 fully saturated rings. The molecule has 1 aromatic heterocycles. The summed E-state index contributed by atoms with van der Waals surface area (Å²) in [7, 11) is -2.11. The Balaban J connectivity index is 1.98. The van der Waals surface area contributed by atoms with Gasteiger partial charge in [-0.05, 0) is 49.6 Å². The molecule has 0 aliphatic rings. The maximum absolute atomic E-state index is 12.4. The molecule has 0 atom stereocenters. The van der Waals surface area contributed by atoms with Crippen LogP contribution in [-0.4, -0.2) is 27.1 Å². The van der Waals surface area contributed by atoms with Gasteiger partial charge in [0, 0.05) is 18.4 Å². The largest absolute Gasteiger partial charge is 0.495 e. The van der Waals surface area contributed by atoms with Crippen LogP contribution in [0.25, 0.3) is 0 Å². The van der Waals surface area contributed by atoms with E-state index in [2.05, 4.69) is 9.71 Å². The molecule has 2 rings (SSSR count). The van der Waals surface area contributed by atoms with Crippen molar-refractivity contribution in [1.82, 2.24) is 9.71 Å². The van der Waals surface area contributed by atoms with E-state index < -0.39 is 10.0 Å². The lowest BCUT2D eigenvalue weighted by molar-refractivity contribution is 0.402. The van der Waals surface area contributed by atoms with Crippen molar-refractivity contribution in [1.29, 1.82) is 0 Å². The second-order valence-corrected chi connectivity index (χ2v) is 6.71. The fourth-order valence-electron chi connectivity index (χ4n) is 2.09. The number of sulfonamides is 1. The molecular weight excluding hydrogens is 300 g/mol. The number of aryl methyl sites for hydroxylation is 2. The molecule has 0 amide bonds. The average Bonchev–Trinajstić information content (AvgIpc) is 2.52. The van der Waals surface area contributed by atoms with E-state index in [4.69, 9.17) is 4.74 Å². The van der Waals surface area contributed by atoms with Gasteiger partial charge >= 0.3 is 0 Å². The zero-order valence-corrected chi connectivity index (χ0v) is 13.6. The Morgan fingerprint density at radius 3 is 2.73 bits per heavy atom. The van der Waals surface area contributed by atoms with E-state index in [0.717, 1.165) is 17.7 Å².